The van der Waals surface area contributed by atoms with Crippen LogP contribution in [0.15, 0.2) is 74.6 Å². The smallest absolute Gasteiger partial charge is 0.295 e. The highest BCUT2D eigenvalue weighted by Crippen LogP contribution is 2.45. The summed E-state index contributed by atoms with van der Waals surface area (Å²) in [5, 5.41) is 21.3. The second-order valence-corrected chi connectivity index (χ2v) is 11.9. The van der Waals surface area contributed by atoms with Crippen LogP contribution in [0, 0.1) is 11.3 Å². The number of nitrogens with zero attached hydrogens (tertiary/aromatic N) is 3. The van der Waals surface area contributed by atoms with Gasteiger partial charge in [0.1, 0.15) is 25.9 Å². The van der Waals surface area contributed by atoms with Crippen molar-refractivity contribution in [3.63, 3.8) is 0 Å². The minimum atomic E-state index is -4.81. The Morgan fingerprint density at radius 2 is 1.66 bits per heavy atom. The van der Waals surface area contributed by atoms with E-state index in [1.54, 1.807) is 12.1 Å². The van der Waals surface area contributed by atoms with E-state index < -0.39 is 30.0 Å². The van der Waals surface area contributed by atoms with Crippen LogP contribution in [0.3, 0.4) is 0 Å². The third-order valence-corrected chi connectivity index (χ3v) is 8.20. The third-order valence-electron chi connectivity index (χ3n) is 5.50. The quantitative estimate of drug-likeness (QED) is 0.150. The molecule has 0 amide bonds. The maximum Gasteiger partial charge on any atom is 0.295 e. The fraction of sp³-hybridized carbons (Fsp3) is 0.125. The van der Waals surface area contributed by atoms with Gasteiger partial charge in [0.05, 0.1) is 11.3 Å². The monoisotopic (exact) mass is 571 g/mol. The number of anilines is 2. The number of nitrogens with two attached hydrogens (primary N) is 1. The summed E-state index contributed by atoms with van der Waals surface area (Å²) in [6.07, 6.45) is 0.950. The molecule has 0 aliphatic carbocycles. The zero-order chi connectivity index (χ0) is 27.7. The first kappa shape index (κ1) is 27.2. The second kappa shape index (κ2) is 10.5. The number of hydrogen-bond donors (Lipinski definition) is 4. The first-order valence-corrected chi connectivity index (χ1v) is 14.7. The summed E-state index contributed by atoms with van der Waals surface area (Å²) < 4.78 is 67.3. The van der Waals surface area contributed by atoms with Crippen LogP contribution in [0.25, 0.3) is 21.9 Å². The van der Waals surface area contributed by atoms with Crippen LogP contribution in [0.2, 0.25) is 0 Å². The number of nitrogen functional groups attached to an aromatic ring is 1. The Hall–Kier alpha value is -3.87. The van der Waals surface area contributed by atoms with Gasteiger partial charge in [0.2, 0.25) is 0 Å². The van der Waals surface area contributed by atoms with Crippen molar-refractivity contribution in [2.24, 2.45) is 10.2 Å². The van der Waals surface area contributed by atoms with Crippen molar-refractivity contribution in [1.29, 1.82) is 5.26 Å². The number of benzene rings is 3. The molecule has 14 heteroatoms. The summed E-state index contributed by atoms with van der Waals surface area (Å²) in [6, 6.07) is 15.2. The molecule has 0 saturated carbocycles. The van der Waals surface area contributed by atoms with Gasteiger partial charge in [-0.3, -0.25) is 9.11 Å². The predicted molar refractivity (Wildman–Crippen MR) is 145 cm³/mol. The lowest BCUT2D eigenvalue weighted by molar-refractivity contribution is 0.481. The molecule has 4 aromatic rings. The molecular weight excluding hydrogens is 550 g/mol. The van der Waals surface area contributed by atoms with Gasteiger partial charge in [-0.05, 0) is 42.3 Å². The Morgan fingerprint density at radius 1 is 0.974 bits per heavy atom. The fourth-order valence-electron chi connectivity index (χ4n) is 3.82. The van der Waals surface area contributed by atoms with Crippen molar-refractivity contribution < 1.29 is 25.9 Å². The summed E-state index contributed by atoms with van der Waals surface area (Å²) in [6.45, 7) is 2.84. The molecule has 0 atom stereocenters. The molecule has 0 fully saturated rings. The summed E-state index contributed by atoms with van der Waals surface area (Å²) in [5.74, 6) is 0. The number of azo groups is 1. The molecule has 0 saturated heterocycles. The van der Waals surface area contributed by atoms with Gasteiger partial charge >= 0.3 is 0 Å². The molecule has 0 aliphatic heterocycles. The zero-order valence-electron chi connectivity index (χ0n) is 19.8. The molecule has 4 rings (SSSR count). The normalized spacial score (nSPS) is 12.2. The highest BCUT2D eigenvalue weighted by Gasteiger charge is 2.22. The number of nitrogens with one attached hydrogen (secondary N) is 1. The number of nitriles is 1. The maximum atomic E-state index is 12.1. The Bertz CT molecular complexity index is 1820. The molecule has 1 heterocycles. The standard InChI is InChI=1S/C24H21N5O6S3/c1-2-10-27-15-8-6-14(7-9-15)22-19(13-25)23(26)36-24(22)29-28-16-11-18-17(21(12-16)38(33,34)35)4-3-5-20(18)37(30,31)32/h3-9,11-12,27H,2,10,26H2,1H3,(H,30,31,32)(H,33,34,35). The molecular formula is C24H21N5O6S3. The Labute approximate surface area is 222 Å². The Morgan fingerprint density at radius 3 is 2.26 bits per heavy atom. The number of hydrogen-bond acceptors (Lipinski definition) is 10. The minimum absolute atomic E-state index is 0.128. The van der Waals surface area contributed by atoms with Crippen molar-refractivity contribution in [2.75, 3.05) is 17.6 Å². The van der Waals surface area contributed by atoms with Gasteiger partial charge in [-0.2, -0.15) is 22.1 Å². The molecule has 0 unspecified atom stereocenters. The van der Waals surface area contributed by atoms with E-state index >= 15 is 0 Å². The van der Waals surface area contributed by atoms with Crippen LogP contribution in [0.1, 0.15) is 18.9 Å². The van der Waals surface area contributed by atoms with E-state index in [4.69, 9.17) is 5.73 Å². The Kier molecular flexibility index (Phi) is 7.49. The molecule has 0 aliphatic rings. The lowest BCUT2D eigenvalue weighted by Crippen LogP contribution is -2.03. The van der Waals surface area contributed by atoms with Gasteiger partial charge in [0.25, 0.3) is 20.2 Å². The molecule has 3 aromatic carbocycles. The van der Waals surface area contributed by atoms with Gasteiger partial charge in [-0.1, -0.05) is 42.5 Å². The van der Waals surface area contributed by atoms with Crippen molar-refractivity contribution in [3.8, 4) is 17.2 Å². The summed E-state index contributed by atoms with van der Waals surface area (Å²) in [5.41, 5.74) is 8.09. The first-order valence-electron chi connectivity index (χ1n) is 11.0. The number of fused-ring (bicyclic) bond motifs is 1. The van der Waals surface area contributed by atoms with E-state index in [1.165, 1.54) is 18.2 Å². The lowest BCUT2D eigenvalue weighted by Gasteiger charge is -2.09. The molecule has 11 nitrogen and oxygen atoms in total. The van der Waals surface area contributed by atoms with Crippen LogP contribution >= 0.6 is 11.3 Å². The SMILES string of the molecule is CCCNc1ccc(-c2c(N=Nc3cc(S(=O)(=O)O)c4cccc(S(=O)(=O)O)c4c3)sc(N)c2C#N)cc1. The highest BCUT2D eigenvalue weighted by molar-refractivity contribution is 7.86. The minimum Gasteiger partial charge on any atom is -0.389 e. The van der Waals surface area contributed by atoms with Crippen molar-refractivity contribution in [2.45, 2.75) is 23.1 Å². The largest absolute Gasteiger partial charge is 0.389 e. The van der Waals surface area contributed by atoms with E-state index in [0.29, 0.717) is 11.1 Å². The molecule has 5 N–H and O–H groups in total. The maximum absolute atomic E-state index is 12.1. The average molecular weight is 572 g/mol. The van der Waals surface area contributed by atoms with Crippen LogP contribution in [0.5, 0.6) is 0 Å². The topological polar surface area (TPSA) is 195 Å². The zero-order valence-corrected chi connectivity index (χ0v) is 22.2. The molecule has 1 aromatic heterocycles. The van der Waals surface area contributed by atoms with E-state index in [0.717, 1.165) is 42.1 Å². The van der Waals surface area contributed by atoms with E-state index in [-0.39, 0.29) is 32.0 Å². The summed E-state index contributed by atoms with van der Waals surface area (Å²) in [4.78, 5) is -1.19. The van der Waals surface area contributed by atoms with E-state index in [1.807, 2.05) is 19.1 Å². The van der Waals surface area contributed by atoms with Crippen LogP contribution in [-0.2, 0) is 20.2 Å². The number of rotatable bonds is 8. The van der Waals surface area contributed by atoms with Crippen molar-refractivity contribution in [1.82, 2.24) is 0 Å². The lowest BCUT2D eigenvalue weighted by atomic mass is 10.0. The number of thiophene rings is 1. The van der Waals surface area contributed by atoms with Gasteiger partial charge in [-0.25, -0.2) is 0 Å². The Balaban J connectivity index is 1.87. The fourth-order valence-corrected chi connectivity index (χ4v) is 6.10. The highest BCUT2D eigenvalue weighted by atomic mass is 32.2. The summed E-state index contributed by atoms with van der Waals surface area (Å²) >= 11 is 0.994. The first-order chi connectivity index (χ1) is 17.9. The van der Waals surface area contributed by atoms with Gasteiger partial charge in [0.15, 0.2) is 0 Å². The third kappa shape index (κ3) is 5.52. The average Bonchev–Trinajstić information content (AvgIpc) is 3.19. The van der Waals surface area contributed by atoms with Gasteiger partial charge in [-0.15, -0.1) is 10.2 Å². The molecule has 38 heavy (non-hydrogen) atoms. The van der Waals surface area contributed by atoms with Crippen LogP contribution in [0.4, 0.5) is 21.4 Å². The molecule has 0 radical (unpaired) electrons. The molecule has 0 bridgehead atoms. The van der Waals surface area contributed by atoms with Crippen molar-refractivity contribution in [3.05, 3.63) is 60.2 Å². The molecule has 0 spiro atoms. The van der Waals surface area contributed by atoms with Crippen molar-refractivity contribution >= 4 is 63.7 Å². The van der Waals surface area contributed by atoms with Gasteiger partial charge in [0, 0.05) is 28.6 Å². The van der Waals surface area contributed by atoms with E-state index in [2.05, 4.69) is 21.6 Å². The van der Waals surface area contributed by atoms with Gasteiger partial charge < -0.3 is 11.1 Å². The van der Waals surface area contributed by atoms with E-state index in [9.17, 15) is 31.2 Å². The summed E-state index contributed by atoms with van der Waals surface area (Å²) in [7, 11) is -9.55. The molecule has 196 valence electrons. The second-order valence-electron chi connectivity index (χ2n) is 8.08. The van der Waals surface area contributed by atoms with Crippen LogP contribution < -0.4 is 11.1 Å². The van der Waals surface area contributed by atoms with Crippen LogP contribution in [-0.4, -0.2) is 32.5 Å². The predicted octanol–water partition coefficient (Wildman–Crippen LogP) is 5.75.